The Morgan fingerprint density at radius 3 is 2.50 bits per heavy atom. The van der Waals surface area contributed by atoms with Gasteiger partial charge in [0.25, 0.3) is 0 Å². The molecule has 2 nitrogen and oxygen atoms in total. The Balaban J connectivity index is 2.13. The van der Waals surface area contributed by atoms with Crippen LogP contribution >= 0.6 is 0 Å². The first-order chi connectivity index (χ1) is 6.42. The standard InChI is InChI=1S/C11H20BNO/c1-10(2)8-12(14-11(10,3)4)9-5-6-13-7-9/h5,13H,6-8H2,1-4H3. The van der Waals surface area contributed by atoms with E-state index < -0.39 is 0 Å². The van der Waals surface area contributed by atoms with Crippen LogP contribution in [-0.2, 0) is 4.65 Å². The van der Waals surface area contributed by atoms with Crippen molar-refractivity contribution in [3.63, 3.8) is 0 Å². The highest BCUT2D eigenvalue weighted by Crippen LogP contribution is 2.46. The van der Waals surface area contributed by atoms with Crippen molar-refractivity contribution in [2.45, 2.75) is 39.6 Å². The molecule has 78 valence electrons. The second-order valence-electron chi connectivity index (χ2n) is 5.61. The lowest BCUT2D eigenvalue weighted by molar-refractivity contribution is 0.0370. The van der Waals surface area contributed by atoms with E-state index >= 15 is 0 Å². The molecule has 0 radical (unpaired) electrons. The SMILES string of the molecule is CC1(C)CB(C2=CCNC2)OC1(C)C. The van der Waals surface area contributed by atoms with Crippen LogP contribution in [0.5, 0.6) is 0 Å². The molecule has 0 unspecified atom stereocenters. The zero-order valence-corrected chi connectivity index (χ0v) is 9.68. The van der Waals surface area contributed by atoms with Crippen molar-refractivity contribution < 1.29 is 4.65 Å². The van der Waals surface area contributed by atoms with Crippen LogP contribution in [-0.4, -0.2) is 25.6 Å². The van der Waals surface area contributed by atoms with Crippen molar-refractivity contribution in [2.24, 2.45) is 5.41 Å². The molecule has 2 aliphatic heterocycles. The summed E-state index contributed by atoms with van der Waals surface area (Å²) in [6.07, 6.45) is 3.43. The molecule has 3 heteroatoms. The summed E-state index contributed by atoms with van der Waals surface area (Å²) < 4.78 is 6.14. The molecule has 0 aromatic carbocycles. The third-order valence-electron chi connectivity index (χ3n) is 4.01. The van der Waals surface area contributed by atoms with Gasteiger partial charge < -0.3 is 9.97 Å². The summed E-state index contributed by atoms with van der Waals surface area (Å²) in [7, 11) is 0. The predicted octanol–water partition coefficient (Wildman–Crippen LogP) is 1.88. The zero-order valence-electron chi connectivity index (χ0n) is 9.68. The van der Waals surface area contributed by atoms with Gasteiger partial charge in [-0.25, -0.2) is 0 Å². The first-order valence-corrected chi connectivity index (χ1v) is 5.50. The lowest BCUT2D eigenvalue weighted by Crippen LogP contribution is -2.34. The van der Waals surface area contributed by atoms with Gasteiger partial charge in [-0.2, -0.15) is 0 Å². The van der Waals surface area contributed by atoms with Crippen LogP contribution in [0.4, 0.5) is 0 Å². The first kappa shape index (κ1) is 10.2. The molecule has 0 aromatic rings. The van der Waals surface area contributed by atoms with Crippen LogP contribution < -0.4 is 5.32 Å². The lowest BCUT2D eigenvalue weighted by atomic mass is 9.54. The van der Waals surface area contributed by atoms with E-state index in [0.29, 0.717) is 6.92 Å². The van der Waals surface area contributed by atoms with Crippen molar-refractivity contribution in [1.82, 2.24) is 5.32 Å². The van der Waals surface area contributed by atoms with Gasteiger partial charge in [-0.3, -0.25) is 0 Å². The number of nitrogens with one attached hydrogen (secondary N) is 1. The quantitative estimate of drug-likeness (QED) is 0.642. The molecule has 1 fully saturated rings. The minimum atomic E-state index is 0.00109. The van der Waals surface area contributed by atoms with E-state index in [2.05, 4.69) is 39.1 Å². The Morgan fingerprint density at radius 2 is 2.07 bits per heavy atom. The maximum Gasteiger partial charge on any atom is 0.324 e. The molecule has 0 amide bonds. The Kier molecular flexibility index (Phi) is 2.28. The Bertz CT molecular complexity index is 254. The molecule has 1 saturated heterocycles. The average Bonchev–Trinajstić information content (AvgIpc) is 2.58. The molecule has 0 saturated carbocycles. The zero-order chi connectivity index (χ0) is 10.4. The van der Waals surface area contributed by atoms with Gasteiger partial charge in [0.2, 0.25) is 0 Å². The highest BCUT2D eigenvalue weighted by atomic mass is 16.5. The largest absolute Gasteiger partial charge is 0.426 e. The third kappa shape index (κ3) is 1.53. The van der Waals surface area contributed by atoms with E-state index in [4.69, 9.17) is 4.65 Å². The van der Waals surface area contributed by atoms with Crippen LogP contribution in [0.15, 0.2) is 11.5 Å². The topological polar surface area (TPSA) is 21.3 Å². The van der Waals surface area contributed by atoms with Crippen molar-refractivity contribution in [1.29, 1.82) is 0 Å². The Hall–Kier alpha value is -0.275. The normalized spacial score (nSPS) is 29.4. The first-order valence-electron chi connectivity index (χ1n) is 5.50. The van der Waals surface area contributed by atoms with Gasteiger partial charge in [0.05, 0.1) is 5.60 Å². The molecule has 2 aliphatic rings. The van der Waals surface area contributed by atoms with E-state index in [9.17, 15) is 0 Å². The fraction of sp³-hybridized carbons (Fsp3) is 0.818. The van der Waals surface area contributed by atoms with E-state index in [1.807, 2.05) is 0 Å². The molecule has 14 heavy (non-hydrogen) atoms. The van der Waals surface area contributed by atoms with Gasteiger partial charge in [-0.1, -0.05) is 25.4 Å². The van der Waals surface area contributed by atoms with Gasteiger partial charge in [0.15, 0.2) is 0 Å². The van der Waals surface area contributed by atoms with Crippen LogP contribution in [0, 0.1) is 5.41 Å². The number of hydrogen-bond acceptors (Lipinski definition) is 2. The Labute approximate surface area is 87.2 Å². The van der Waals surface area contributed by atoms with Crippen molar-refractivity contribution >= 4 is 6.92 Å². The monoisotopic (exact) mass is 193 g/mol. The molecule has 0 bridgehead atoms. The molecule has 0 spiro atoms. The summed E-state index contributed by atoms with van der Waals surface area (Å²) in [4.78, 5) is 0. The average molecular weight is 193 g/mol. The summed E-state index contributed by atoms with van der Waals surface area (Å²) in [5.41, 5.74) is 1.73. The second kappa shape index (κ2) is 3.11. The van der Waals surface area contributed by atoms with Crippen molar-refractivity contribution in [2.75, 3.05) is 13.1 Å². The summed E-state index contributed by atoms with van der Waals surface area (Å²) in [5, 5.41) is 3.33. The van der Waals surface area contributed by atoms with Crippen LogP contribution in [0.25, 0.3) is 0 Å². The van der Waals surface area contributed by atoms with Crippen molar-refractivity contribution in [3.05, 3.63) is 11.5 Å². The highest BCUT2D eigenvalue weighted by molar-refractivity contribution is 6.61. The molecule has 2 rings (SSSR count). The highest BCUT2D eigenvalue weighted by Gasteiger charge is 2.50. The van der Waals surface area contributed by atoms with E-state index in [-0.39, 0.29) is 11.0 Å². The van der Waals surface area contributed by atoms with Gasteiger partial charge >= 0.3 is 6.92 Å². The van der Waals surface area contributed by atoms with Gasteiger partial charge in [-0.15, -0.1) is 0 Å². The predicted molar refractivity (Wildman–Crippen MR) is 60.5 cm³/mol. The van der Waals surface area contributed by atoms with E-state index in [0.717, 1.165) is 19.4 Å². The molecular formula is C11H20BNO. The second-order valence-corrected chi connectivity index (χ2v) is 5.61. The maximum absolute atomic E-state index is 6.14. The molecule has 0 aliphatic carbocycles. The van der Waals surface area contributed by atoms with E-state index in [1.54, 1.807) is 0 Å². The third-order valence-corrected chi connectivity index (χ3v) is 4.01. The van der Waals surface area contributed by atoms with Crippen LogP contribution in [0.3, 0.4) is 0 Å². The van der Waals surface area contributed by atoms with Gasteiger partial charge in [-0.05, 0) is 25.6 Å². The van der Waals surface area contributed by atoms with E-state index in [1.165, 1.54) is 5.47 Å². The fourth-order valence-electron chi connectivity index (χ4n) is 2.21. The summed E-state index contributed by atoms with van der Waals surface area (Å²) >= 11 is 0. The Morgan fingerprint density at radius 1 is 1.36 bits per heavy atom. The summed E-state index contributed by atoms with van der Waals surface area (Å²) in [6.45, 7) is 11.4. The molecule has 0 atom stereocenters. The smallest absolute Gasteiger partial charge is 0.324 e. The van der Waals surface area contributed by atoms with Crippen LogP contribution in [0.2, 0.25) is 6.32 Å². The van der Waals surface area contributed by atoms with Gasteiger partial charge in [0.1, 0.15) is 0 Å². The number of hydrogen-bond donors (Lipinski definition) is 1. The number of rotatable bonds is 1. The molecular weight excluding hydrogens is 173 g/mol. The molecule has 1 N–H and O–H groups in total. The van der Waals surface area contributed by atoms with Gasteiger partial charge in [0, 0.05) is 13.1 Å². The van der Waals surface area contributed by atoms with Crippen molar-refractivity contribution in [3.8, 4) is 0 Å². The van der Waals surface area contributed by atoms with Crippen LogP contribution in [0.1, 0.15) is 27.7 Å². The fourth-order valence-corrected chi connectivity index (χ4v) is 2.21. The minimum absolute atomic E-state index is 0.00109. The molecule has 0 aromatic heterocycles. The summed E-state index contributed by atoms with van der Waals surface area (Å²) in [5.74, 6) is 0. The lowest BCUT2D eigenvalue weighted by Gasteiger charge is -2.34. The maximum atomic E-state index is 6.14. The summed E-state index contributed by atoms with van der Waals surface area (Å²) in [6, 6.07) is 0. The molecule has 2 heterocycles. The minimum Gasteiger partial charge on any atom is -0.426 e.